The van der Waals surface area contributed by atoms with Gasteiger partial charge in [-0.25, -0.2) is 4.98 Å². The molecule has 40 heavy (non-hydrogen) atoms. The van der Waals surface area contributed by atoms with Crippen molar-refractivity contribution in [3.8, 4) is 22.6 Å². The zero-order valence-corrected chi connectivity index (χ0v) is 22.3. The second-order valence-electron chi connectivity index (χ2n) is 10.1. The topological polar surface area (TPSA) is 62.5 Å². The highest BCUT2D eigenvalue weighted by molar-refractivity contribution is 6.06. The molecule has 4 heteroatoms. The monoisotopic (exact) mass is 518 g/mol. The number of rotatable bonds is 3. The molecule has 0 radical (unpaired) electrons. The Balaban J connectivity index is 1.44. The lowest BCUT2D eigenvalue weighted by atomic mass is 9.98. The van der Waals surface area contributed by atoms with Crippen molar-refractivity contribution in [1.82, 2.24) is 15.0 Å². The molecule has 6 bridgehead atoms. The lowest BCUT2D eigenvalue weighted by Gasteiger charge is -2.12. The van der Waals surface area contributed by atoms with E-state index in [9.17, 15) is 0 Å². The van der Waals surface area contributed by atoms with Crippen molar-refractivity contribution in [3.05, 3.63) is 155 Å². The molecule has 0 amide bonds. The fourth-order valence-electron chi connectivity index (χ4n) is 4.97. The first-order chi connectivity index (χ1) is 19.7. The van der Waals surface area contributed by atoms with Crippen LogP contribution in [-0.4, -0.2) is 20.7 Å². The molecule has 5 aromatic rings. The third-order valence-corrected chi connectivity index (χ3v) is 7.17. The van der Waals surface area contributed by atoms with Crippen molar-refractivity contribution < 1.29 is 0 Å². The van der Waals surface area contributed by atoms with Crippen LogP contribution in [0.25, 0.3) is 28.7 Å². The molecule has 2 aromatic carbocycles. The van der Waals surface area contributed by atoms with Crippen LogP contribution in [0, 0.1) is 5.41 Å². The van der Waals surface area contributed by atoms with E-state index in [0.717, 1.165) is 65.0 Å². The molecule has 6 rings (SSSR count). The van der Waals surface area contributed by atoms with Crippen LogP contribution in [0.3, 0.4) is 0 Å². The van der Waals surface area contributed by atoms with Gasteiger partial charge in [-0.1, -0.05) is 72.8 Å². The summed E-state index contributed by atoms with van der Waals surface area (Å²) >= 11 is 0. The Morgan fingerprint density at radius 3 is 1.82 bits per heavy atom. The number of benzene rings is 2. The molecule has 0 unspecified atom stereocenters. The summed E-state index contributed by atoms with van der Waals surface area (Å²) in [6.45, 7) is 0. The second-order valence-corrected chi connectivity index (χ2v) is 10.1. The van der Waals surface area contributed by atoms with Gasteiger partial charge >= 0.3 is 0 Å². The van der Waals surface area contributed by atoms with Crippen molar-refractivity contribution in [2.24, 2.45) is 0 Å². The minimum atomic E-state index is 0.417. The van der Waals surface area contributed by atoms with Crippen LogP contribution in [0.4, 0.5) is 0 Å². The van der Waals surface area contributed by atoms with E-state index in [2.05, 4.69) is 82.8 Å². The van der Waals surface area contributed by atoms with Gasteiger partial charge in [0.25, 0.3) is 0 Å². The van der Waals surface area contributed by atoms with Crippen LogP contribution < -0.4 is 0 Å². The lowest BCUT2D eigenvalue weighted by Crippen LogP contribution is -2.05. The van der Waals surface area contributed by atoms with E-state index < -0.39 is 0 Å². The number of nitrogens with zero attached hydrogens (tertiary/aromatic N) is 3. The van der Waals surface area contributed by atoms with Crippen LogP contribution in [0.2, 0.25) is 0 Å². The Labute approximate surface area is 235 Å². The third-order valence-electron chi connectivity index (χ3n) is 7.17. The van der Waals surface area contributed by atoms with Gasteiger partial charge in [0.05, 0.1) is 28.5 Å². The van der Waals surface area contributed by atoms with E-state index >= 15 is 0 Å². The lowest BCUT2D eigenvalue weighted by molar-refractivity contribution is 0.947. The number of aryl methyl sites for hydroxylation is 3. The maximum absolute atomic E-state index is 9.09. The van der Waals surface area contributed by atoms with E-state index in [4.69, 9.17) is 10.4 Å². The van der Waals surface area contributed by atoms with E-state index in [-0.39, 0.29) is 0 Å². The summed E-state index contributed by atoms with van der Waals surface area (Å²) in [5.41, 5.74) is 10.6. The summed E-state index contributed by atoms with van der Waals surface area (Å²) < 4.78 is 0. The van der Waals surface area contributed by atoms with Crippen molar-refractivity contribution >= 4 is 11.8 Å². The van der Waals surface area contributed by atoms with E-state index in [1.165, 1.54) is 11.1 Å². The van der Waals surface area contributed by atoms with Gasteiger partial charge in [-0.3, -0.25) is 15.4 Å². The Morgan fingerprint density at radius 1 is 0.550 bits per heavy atom. The highest BCUT2D eigenvalue weighted by atomic mass is 14.8. The summed E-state index contributed by atoms with van der Waals surface area (Å²) in [5.74, 6) is 0. The summed E-state index contributed by atoms with van der Waals surface area (Å²) in [5, 5.41) is 9.09. The SMILES string of the molecule is N=C1/C=C(/C=C/c2ccccc2)CCc2ccnc(c2)-c2cc(ccn2)CCc2cc1nc(-c1ccccc1)c2. The number of aromatic nitrogens is 3. The normalized spacial score (nSPS) is 15.0. The average Bonchev–Trinajstić information content (AvgIpc) is 3.02. The highest BCUT2D eigenvalue weighted by Crippen LogP contribution is 2.24. The molecule has 0 saturated carbocycles. The molecular formula is C36H30N4. The van der Waals surface area contributed by atoms with Crippen LogP contribution in [0.1, 0.15) is 34.4 Å². The van der Waals surface area contributed by atoms with Gasteiger partial charge < -0.3 is 0 Å². The van der Waals surface area contributed by atoms with Gasteiger partial charge in [0.1, 0.15) is 0 Å². The largest absolute Gasteiger partial charge is 0.299 e. The maximum Gasteiger partial charge on any atom is 0.0889 e. The van der Waals surface area contributed by atoms with Crippen molar-refractivity contribution in [3.63, 3.8) is 0 Å². The van der Waals surface area contributed by atoms with E-state index in [0.29, 0.717) is 11.4 Å². The zero-order valence-electron chi connectivity index (χ0n) is 22.3. The zero-order chi connectivity index (χ0) is 27.1. The van der Waals surface area contributed by atoms with Gasteiger partial charge in [0, 0.05) is 18.0 Å². The molecule has 194 valence electrons. The van der Waals surface area contributed by atoms with E-state index in [1.54, 1.807) is 0 Å². The Kier molecular flexibility index (Phi) is 7.49. The number of hydrogen-bond donors (Lipinski definition) is 1. The Morgan fingerprint density at radius 2 is 1.12 bits per heavy atom. The minimum absolute atomic E-state index is 0.417. The molecule has 0 atom stereocenters. The Hall–Kier alpha value is -4.96. The van der Waals surface area contributed by atoms with Crippen molar-refractivity contribution in [1.29, 1.82) is 5.41 Å². The molecule has 0 fully saturated rings. The number of hydrogen-bond acceptors (Lipinski definition) is 4. The number of nitrogens with one attached hydrogen (secondary N) is 1. The quantitative estimate of drug-likeness (QED) is 0.264. The van der Waals surface area contributed by atoms with Crippen LogP contribution in [-0.2, 0) is 19.3 Å². The van der Waals surface area contributed by atoms with Crippen molar-refractivity contribution in [2.75, 3.05) is 0 Å². The second kappa shape index (κ2) is 11.8. The van der Waals surface area contributed by atoms with Crippen LogP contribution in [0.15, 0.2) is 127 Å². The van der Waals surface area contributed by atoms with Crippen molar-refractivity contribution in [2.45, 2.75) is 25.7 Å². The molecule has 3 heterocycles. The predicted molar refractivity (Wildman–Crippen MR) is 163 cm³/mol. The van der Waals surface area contributed by atoms with Gasteiger partial charge in [0.2, 0.25) is 0 Å². The first-order valence-corrected chi connectivity index (χ1v) is 13.7. The molecule has 1 N–H and O–H groups in total. The molecule has 0 aliphatic heterocycles. The minimum Gasteiger partial charge on any atom is -0.299 e. The Bertz CT molecular complexity index is 1700. The first kappa shape index (κ1) is 25.3. The van der Waals surface area contributed by atoms with Gasteiger partial charge in [-0.2, -0.15) is 0 Å². The molecule has 1 aliphatic rings. The summed E-state index contributed by atoms with van der Waals surface area (Å²) in [7, 11) is 0. The summed E-state index contributed by atoms with van der Waals surface area (Å²) in [6.07, 6.45) is 13.3. The van der Waals surface area contributed by atoms with Gasteiger partial charge in [-0.15, -0.1) is 0 Å². The number of pyridine rings is 3. The third kappa shape index (κ3) is 6.19. The molecule has 3 aromatic heterocycles. The fraction of sp³-hybridized carbons (Fsp3) is 0.111. The standard InChI is InChI=1S/C36H30N4/c37-32-21-27(12-11-26-7-3-1-4-8-26)13-14-28-17-19-38-35(22-28)36-23-29(18-20-39-36)15-16-30-24-33(40-34(32)25-30)31-9-5-2-6-10-31/h1-12,17-25,37H,13-16H2/b12-11+,27-21-,37-32?. The maximum atomic E-state index is 9.09. The average molecular weight is 519 g/mol. The van der Waals surface area contributed by atoms with Gasteiger partial charge in [0.15, 0.2) is 0 Å². The molecule has 0 saturated heterocycles. The smallest absolute Gasteiger partial charge is 0.0889 e. The summed E-state index contributed by atoms with van der Waals surface area (Å²) in [6, 6.07) is 33.1. The number of fused-ring (bicyclic) bond motifs is 7. The van der Waals surface area contributed by atoms with Crippen LogP contribution in [0.5, 0.6) is 0 Å². The molecule has 0 spiro atoms. The molecule has 1 aliphatic carbocycles. The summed E-state index contributed by atoms with van der Waals surface area (Å²) in [4.78, 5) is 14.2. The fourth-order valence-corrected chi connectivity index (χ4v) is 4.97. The number of allylic oxidation sites excluding steroid dienone is 3. The molecule has 4 nitrogen and oxygen atoms in total. The first-order valence-electron chi connectivity index (χ1n) is 13.7. The van der Waals surface area contributed by atoms with Gasteiger partial charge in [-0.05, 0) is 96.0 Å². The van der Waals surface area contributed by atoms with Crippen LogP contribution >= 0.6 is 0 Å². The molecular weight excluding hydrogens is 488 g/mol. The predicted octanol–water partition coefficient (Wildman–Crippen LogP) is 7.94. The van der Waals surface area contributed by atoms with E-state index in [1.807, 2.05) is 54.9 Å². The highest BCUT2D eigenvalue weighted by Gasteiger charge is 2.11.